The zero-order valence-electron chi connectivity index (χ0n) is 11.3. The van der Waals surface area contributed by atoms with Crippen molar-refractivity contribution in [3.8, 4) is 0 Å². The molecule has 104 valence electrons. The van der Waals surface area contributed by atoms with Crippen LogP contribution in [0.25, 0.3) is 0 Å². The van der Waals surface area contributed by atoms with Crippen LogP contribution in [-0.4, -0.2) is 66.0 Å². The summed E-state index contributed by atoms with van der Waals surface area (Å²) in [6.45, 7) is 9.42. The van der Waals surface area contributed by atoms with Crippen molar-refractivity contribution in [3.63, 3.8) is 0 Å². The molecule has 1 atom stereocenters. The van der Waals surface area contributed by atoms with Gasteiger partial charge < -0.3 is 16.0 Å². The van der Waals surface area contributed by atoms with Crippen LogP contribution in [0.4, 0.5) is 0 Å². The van der Waals surface area contributed by atoms with E-state index in [1.54, 1.807) is 0 Å². The predicted molar refractivity (Wildman–Crippen MR) is 77.6 cm³/mol. The fourth-order valence-corrected chi connectivity index (χ4v) is 2.25. The second kappa shape index (κ2) is 7.66. The van der Waals surface area contributed by atoms with Gasteiger partial charge in [-0.05, 0) is 13.8 Å². The molecule has 6 heteroatoms. The lowest BCUT2D eigenvalue weighted by molar-refractivity contribution is -0.121. The van der Waals surface area contributed by atoms with Crippen LogP contribution < -0.4 is 11.1 Å². The summed E-state index contributed by atoms with van der Waals surface area (Å²) in [5.41, 5.74) is 5.66. The molecule has 18 heavy (non-hydrogen) atoms. The van der Waals surface area contributed by atoms with Gasteiger partial charge in [0.05, 0.1) is 11.0 Å². The van der Waals surface area contributed by atoms with Crippen LogP contribution in [0.15, 0.2) is 0 Å². The summed E-state index contributed by atoms with van der Waals surface area (Å²) in [5.74, 6) is 0.136. The highest BCUT2D eigenvalue weighted by Gasteiger charge is 2.22. The van der Waals surface area contributed by atoms with Gasteiger partial charge in [0.2, 0.25) is 5.91 Å². The molecule has 0 radical (unpaired) electrons. The molecule has 0 aromatic carbocycles. The van der Waals surface area contributed by atoms with Gasteiger partial charge in [0.1, 0.15) is 0 Å². The van der Waals surface area contributed by atoms with Crippen LogP contribution in [0.5, 0.6) is 0 Å². The van der Waals surface area contributed by atoms with Gasteiger partial charge in [-0.15, -0.1) is 0 Å². The van der Waals surface area contributed by atoms with E-state index in [-0.39, 0.29) is 11.9 Å². The average Bonchev–Trinajstić information content (AvgIpc) is 2.36. The van der Waals surface area contributed by atoms with Gasteiger partial charge in [-0.1, -0.05) is 12.2 Å². The van der Waals surface area contributed by atoms with Gasteiger partial charge in [0, 0.05) is 45.7 Å². The number of nitrogens with one attached hydrogen (secondary N) is 1. The summed E-state index contributed by atoms with van der Waals surface area (Å²) >= 11 is 5.01. The number of nitrogens with two attached hydrogens (primary N) is 1. The molecule has 1 unspecified atom stereocenters. The molecule has 0 spiro atoms. The number of piperazine rings is 1. The fourth-order valence-electron chi connectivity index (χ4n) is 2.10. The molecule has 1 fully saturated rings. The lowest BCUT2D eigenvalue weighted by Crippen LogP contribution is -2.53. The van der Waals surface area contributed by atoms with E-state index in [0.29, 0.717) is 18.0 Å². The van der Waals surface area contributed by atoms with Crippen LogP contribution in [0.3, 0.4) is 0 Å². The largest absolute Gasteiger partial charge is 0.392 e. The summed E-state index contributed by atoms with van der Waals surface area (Å²) in [7, 11) is 0. The number of carbonyl (C=O) groups is 1. The Morgan fingerprint density at radius 1 is 1.39 bits per heavy atom. The maximum atomic E-state index is 11.4. The Bertz CT molecular complexity index is 290. The van der Waals surface area contributed by atoms with E-state index in [0.717, 1.165) is 32.7 Å². The van der Waals surface area contributed by atoms with E-state index in [1.165, 1.54) is 0 Å². The molecule has 0 aliphatic carbocycles. The van der Waals surface area contributed by atoms with Crippen LogP contribution in [0, 0.1) is 0 Å². The number of rotatable bonds is 6. The Hall–Kier alpha value is -0.720. The van der Waals surface area contributed by atoms with Crippen LogP contribution in [0.1, 0.15) is 20.3 Å². The average molecular weight is 272 g/mol. The SMILES string of the molecule is CCNC(=O)CCN1CCN(C(C)C(N)=S)CC1. The quantitative estimate of drug-likeness (QED) is 0.656. The summed E-state index contributed by atoms with van der Waals surface area (Å²) in [5, 5.41) is 2.82. The first-order valence-electron chi connectivity index (χ1n) is 6.57. The maximum absolute atomic E-state index is 11.4. The fraction of sp³-hybridized carbons (Fsp3) is 0.833. The lowest BCUT2D eigenvalue weighted by atomic mass is 10.2. The van der Waals surface area contributed by atoms with Gasteiger partial charge in [0.25, 0.3) is 0 Å². The van der Waals surface area contributed by atoms with Crippen molar-refractivity contribution >= 4 is 23.1 Å². The molecule has 0 bridgehead atoms. The van der Waals surface area contributed by atoms with E-state index in [4.69, 9.17) is 18.0 Å². The molecular formula is C12H24N4OS. The van der Waals surface area contributed by atoms with Gasteiger partial charge in [-0.25, -0.2) is 0 Å². The topological polar surface area (TPSA) is 61.6 Å². The van der Waals surface area contributed by atoms with Crippen molar-refractivity contribution in [3.05, 3.63) is 0 Å². The van der Waals surface area contributed by atoms with Crippen LogP contribution >= 0.6 is 12.2 Å². The molecule has 1 rings (SSSR count). The molecule has 1 saturated heterocycles. The van der Waals surface area contributed by atoms with Gasteiger partial charge >= 0.3 is 0 Å². The van der Waals surface area contributed by atoms with E-state index < -0.39 is 0 Å². The molecular weight excluding hydrogens is 248 g/mol. The van der Waals surface area contributed by atoms with Crippen LogP contribution in [0.2, 0.25) is 0 Å². The number of nitrogens with zero attached hydrogens (tertiary/aromatic N) is 2. The minimum absolute atomic E-state index is 0.136. The van der Waals surface area contributed by atoms with E-state index in [1.807, 2.05) is 13.8 Å². The second-order valence-electron chi connectivity index (χ2n) is 4.66. The number of carbonyl (C=O) groups excluding carboxylic acids is 1. The van der Waals surface area contributed by atoms with Crippen LogP contribution in [-0.2, 0) is 4.79 Å². The molecule has 1 amide bonds. The third-order valence-electron chi connectivity index (χ3n) is 3.40. The summed E-state index contributed by atoms with van der Waals surface area (Å²) in [6, 6.07) is 0.172. The second-order valence-corrected chi connectivity index (χ2v) is 5.13. The summed E-state index contributed by atoms with van der Waals surface area (Å²) < 4.78 is 0. The first-order chi connectivity index (χ1) is 8.54. The Morgan fingerprint density at radius 3 is 2.50 bits per heavy atom. The van der Waals surface area contributed by atoms with Crippen molar-refractivity contribution in [1.82, 2.24) is 15.1 Å². The molecule has 3 N–H and O–H groups in total. The molecule has 0 aromatic rings. The van der Waals surface area contributed by atoms with Gasteiger partial charge in [-0.3, -0.25) is 9.69 Å². The molecule has 0 aromatic heterocycles. The standard InChI is InChI=1S/C12H24N4OS/c1-3-14-11(17)4-5-15-6-8-16(9-7-15)10(2)12(13)18/h10H,3-9H2,1-2H3,(H2,13,18)(H,14,17). The lowest BCUT2D eigenvalue weighted by Gasteiger charge is -2.37. The van der Waals surface area contributed by atoms with E-state index >= 15 is 0 Å². The predicted octanol–water partition coefficient (Wildman–Crippen LogP) is -0.195. The van der Waals surface area contributed by atoms with Crippen molar-refractivity contribution < 1.29 is 4.79 Å². The van der Waals surface area contributed by atoms with Crippen molar-refractivity contribution in [2.75, 3.05) is 39.3 Å². The molecule has 1 aliphatic heterocycles. The normalized spacial score (nSPS) is 19.4. The third kappa shape index (κ3) is 4.88. The highest BCUT2D eigenvalue weighted by Crippen LogP contribution is 2.07. The highest BCUT2D eigenvalue weighted by atomic mass is 32.1. The maximum Gasteiger partial charge on any atom is 0.221 e. The zero-order chi connectivity index (χ0) is 13.5. The Balaban J connectivity index is 2.23. The minimum Gasteiger partial charge on any atom is -0.392 e. The number of amides is 1. The third-order valence-corrected chi connectivity index (χ3v) is 3.74. The Labute approximate surface area is 115 Å². The molecule has 1 aliphatic rings. The Morgan fingerprint density at radius 2 is 2.00 bits per heavy atom. The first kappa shape index (κ1) is 15.3. The summed E-state index contributed by atoms with van der Waals surface area (Å²) in [4.78, 5) is 16.5. The number of thiocarbonyl (C=S) groups is 1. The van der Waals surface area contributed by atoms with Gasteiger partial charge in [-0.2, -0.15) is 0 Å². The smallest absolute Gasteiger partial charge is 0.221 e. The zero-order valence-corrected chi connectivity index (χ0v) is 12.1. The van der Waals surface area contributed by atoms with Crippen molar-refractivity contribution in [2.45, 2.75) is 26.3 Å². The van der Waals surface area contributed by atoms with Crippen molar-refractivity contribution in [2.24, 2.45) is 5.73 Å². The van der Waals surface area contributed by atoms with Gasteiger partial charge in [0.15, 0.2) is 0 Å². The Kier molecular flexibility index (Phi) is 6.52. The monoisotopic (exact) mass is 272 g/mol. The molecule has 0 saturated carbocycles. The van der Waals surface area contributed by atoms with E-state index in [9.17, 15) is 4.79 Å². The number of hydrogen-bond acceptors (Lipinski definition) is 4. The van der Waals surface area contributed by atoms with Crippen molar-refractivity contribution in [1.29, 1.82) is 0 Å². The molecule has 1 heterocycles. The summed E-state index contributed by atoms with van der Waals surface area (Å²) in [6.07, 6.45) is 0.582. The van der Waals surface area contributed by atoms with E-state index in [2.05, 4.69) is 15.1 Å². The highest BCUT2D eigenvalue weighted by molar-refractivity contribution is 7.80. The number of hydrogen-bond donors (Lipinski definition) is 2. The first-order valence-corrected chi connectivity index (χ1v) is 6.97. The minimum atomic E-state index is 0.136. The molecule has 5 nitrogen and oxygen atoms in total.